The van der Waals surface area contributed by atoms with Crippen LogP contribution in [0.5, 0.6) is 0 Å². The van der Waals surface area contributed by atoms with Crippen LogP contribution < -0.4 is 10.2 Å². The van der Waals surface area contributed by atoms with Gasteiger partial charge in [0.25, 0.3) is 11.6 Å². The molecule has 10 heteroatoms. The van der Waals surface area contributed by atoms with E-state index in [2.05, 4.69) is 10.3 Å². The van der Waals surface area contributed by atoms with Crippen LogP contribution in [0.3, 0.4) is 0 Å². The Balaban J connectivity index is 1.59. The Morgan fingerprint density at radius 1 is 1.11 bits per heavy atom. The molecular formula is C25H19FN4O4S. The summed E-state index contributed by atoms with van der Waals surface area (Å²) in [6.45, 7) is 1.63. The third-order valence-corrected chi connectivity index (χ3v) is 6.05. The Bertz CT molecular complexity index is 1340. The van der Waals surface area contributed by atoms with Crippen molar-refractivity contribution in [2.45, 2.75) is 12.2 Å². The number of thioether (sulfide) groups is 1. The largest absolute Gasteiger partial charge is 0.325 e. The van der Waals surface area contributed by atoms with E-state index < -0.39 is 27.8 Å². The molecule has 1 heterocycles. The first-order valence-corrected chi connectivity index (χ1v) is 11.4. The molecule has 0 bridgehead atoms. The molecule has 8 nitrogen and oxygen atoms in total. The number of hydrogen-bond acceptors (Lipinski definition) is 6. The first-order valence-electron chi connectivity index (χ1n) is 10.5. The number of anilines is 2. The van der Waals surface area contributed by atoms with E-state index in [-0.39, 0.29) is 22.2 Å². The second kappa shape index (κ2) is 10.3. The van der Waals surface area contributed by atoms with Crippen LogP contribution in [-0.2, 0) is 9.59 Å². The van der Waals surface area contributed by atoms with Gasteiger partial charge in [-0.3, -0.25) is 24.6 Å². The van der Waals surface area contributed by atoms with Crippen LogP contribution in [0.2, 0.25) is 0 Å². The number of halogens is 1. The molecule has 0 aromatic heterocycles. The van der Waals surface area contributed by atoms with E-state index in [0.29, 0.717) is 5.69 Å². The van der Waals surface area contributed by atoms with E-state index in [1.165, 1.54) is 47.4 Å². The minimum atomic E-state index is -0.708. The number of carbonyl (C=O) groups is 2. The second-order valence-corrected chi connectivity index (χ2v) is 8.82. The maximum atomic E-state index is 13.5. The van der Waals surface area contributed by atoms with Crippen LogP contribution in [0.25, 0.3) is 6.08 Å². The van der Waals surface area contributed by atoms with Gasteiger partial charge in [-0.25, -0.2) is 9.38 Å². The summed E-state index contributed by atoms with van der Waals surface area (Å²) in [4.78, 5) is 42.3. The number of carbonyl (C=O) groups excluding carboxylic acids is 2. The van der Waals surface area contributed by atoms with Crippen molar-refractivity contribution in [3.8, 4) is 0 Å². The lowest BCUT2D eigenvalue weighted by Crippen LogP contribution is -2.33. The monoisotopic (exact) mass is 490 g/mol. The van der Waals surface area contributed by atoms with Crippen molar-refractivity contribution in [1.82, 2.24) is 0 Å². The molecule has 4 rings (SSSR count). The SMILES string of the molecule is CC(SC1=N/C(=C\c2ccccc2)C(=O)N1c1ccc(F)cc1)C(=O)Nc1cccc([N+](=O)[O-])c1. The average molecular weight is 491 g/mol. The lowest BCUT2D eigenvalue weighted by atomic mass is 10.2. The number of nitrogens with zero attached hydrogens (tertiary/aromatic N) is 3. The number of aliphatic imine (C=N–C) groups is 1. The zero-order valence-electron chi connectivity index (χ0n) is 18.4. The molecule has 0 fully saturated rings. The van der Waals surface area contributed by atoms with Gasteiger partial charge in [0, 0.05) is 17.8 Å². The number of rotatable bonds is 6. The fraction of sp³-hybridized carbons (Fsp3) is 0.0800. The van der Waals surface area contributed by atoms with E-state index in [4.69, 9.17) is 0 Å². The van der Waals surface area contributed by atoms with Gasteiger partial charge in [-0.2, -0.15) is 0 Å². The number of nitro benzene ring substituents is 1. The average Bonchev–Trinajstić information content (AvgIpc) is 3.14. The normalized spacial score (nSPS) is 15.1. The first kappa shape index (κ1) is 23.8. The van der Waals surface area contributed by atoms with Gasteiger partial charge in [0.15, 0.2) is 5.17 Å². The van der Waals surface area contributed by atoms with Gasteiger partial charge in [0.05, 0.1) is 15.9 Å². The molecule has 3 aromatic rings. The Labute approximate surface area is 204 Å². The third kappa shape index (κ3) is 5.61. The molecule has 35 heavy (non-hydrogen) atoms. The minimum absolute atomic E-state index is 0.146. The minimum Gasteiger partial charge on any atom is -0.325 e. The molecule has 176 valence electrons. The Kier molecular flexibility index (Phi) is 7.02. The van der Waals surface area contributed by atoms with E-state index in [1.807, 2.05) is 30.3 Å². The number of hydrogen-bond donors (Lipinski definition) is 1. The highest BCUT2D eigenvalue weighted by molar-refractivity contribution is 8.15. The molecule has 0 saturated carbocycles. The summed E-state index contributed by atoms with van der Waals surface area (Å²) in [5.74, 6) is -1.28. The number of benzene rings is 3. The molecule has 1 N–H and O–H groups in total. The molecule has 0 saturated heterocycles. The van der Waals surface area contributed by atoms with Crippen LogP contribution in [0, 0.1) is 15.9 Å². The van der Waals surface area contributed by atoms with Crippen molar-refractivity contribution < 1.29 is 18.9 Å². The molecule has 1 aliphatic heterocycles. The number of non-ortho nitro benzene ring substituents is 1. The topological polar surface area (TPSA) is 105 Å². The zero-order chi connectivity index (χ0) is 24.9. The van der Waals surface area contributed by atoms with Crippen LogP contribution in [0.15, 0.2) is 89.6 Å². The molecule has 3 aromatic carbocycles. The lowest BCUT2D eigenvalue weighted by molar-refractivity contribution is -0.384. The number of amidine groups is 1. The van der Waals surface area contributed by atoms with Crippen molar-refractivity contribution >= 4 is 51.9 Å². The van der Waals surface area contributed by atoms with Crippen LogP contribution in [0.1, 0.15) is 12.5 Å². The zero-order valence-corrected chi connectivity index (χ0v) is 19.2. The summed E-state index contributed by atoms with van der Waals surface area (Å²) in [5, 5.41) is 13.2. The highest BCUT2D eigenvalue weighted by atomic mass is 32.2. The molecule has 1 unspecified atom stereocenters. The quantitative estimate of drug-likeness (QED) is 0.289. The molecule has 0 spiro atoms. The summed E-state index contributed by atoms with van der Waals surface area (Å²) >= 11 is 1.04. The van der Waals surface area contributed by atoms with Crippen LogP contribution >= 0.6 is 11.8 Å². The maximum Gasteiger partial charge on any atom is 0.283 e. The van der Waals surface area contributed by atoms with E-state index in [9.17, 15) is 24.1 Å². The van der Waals surface area contributed by atoms with Gasteiger partial charge >= 0.3 is 0 Å². The molecule has 2 amide bonds. The van der Waals surface area contributed by atoms with Crippen molar-refractivity contribution in [2.24, 2.45) is 4.99 Å². The predicted octanol–water partition coefficient (Wildman–Crippen LogP) is 5.24. The van der Waals surface area contributed by atoms with Gasteiger partial charge in [-0.15, -0.1) is 0 Å². The van der Waals surface area contributed by atoms with E-state index in [1.54, 1.807) is 19.1 Å². The summed E-state index contributed by atoms with van der Waals surface area (Å²) < 4.78 is 13.5. The molecule has 1 aliphatic rings. The van der Waals surface area contributed by atoms with Gasteiger partial charge < -0.3 is 5.32 Å². The van der Waals surface area contributed by atoms with Crippen molar-refractivity contribution in [1.29, 1.82) is 0 Å². The van der Waals surface area contributed by atoms with Crippen molar-refractivity contribution in [3.63, 3.8) is 0 Å². The predicted molar refractivity (Wildman–Crippen MR) is 135 cm³/mol. The standard InChI is InChI=1S/C25H19FN4O4S/c1-16(23(31)27-19-8-5-9-21(15-19)30(33)34)35-25-28-22(14-17-6-3-2-4-7-17)24(32)29(25)20-12-10-18(26)11-13-20/h2-16H,1H3,(H,27,31)/b22-14-. The van der Waals surface area contributed by atoms with Crippen LogP contribution in [-0.4, -0.2) is 27.2 Å². The van der Waals surface area contributed by atoms with Crippen molar-refractivity contribution in [3.05, 3.63) is 106 Å². The van der Waals surface area contributed by atoms with E-state index in [0.717, 1.165) is 17.3 Å². The third-order valence-electron chi connectivity index (χ3n) is 4.99. The van der Waals surface area contributed by atoms with Crippen LogP contribution in [0.4, 0.5) is 21.5 Å². The summed E-state index contributed by atoms with van der Waals surface area (Å²) in [5.41, 5.74) is 1.49. The highest BCUT2D eigenvalue weighted by Crippen LogP contribution is 2.31. The van der Waals surface area contributed by atoms with Crippen molar-refractivity contribution in [2.75, 3.05) is 10.2 Å². The summed E-state index contributed by atoms with van der Waals surface area (Å²) in [7, 11) is 0. The smallest absolute Gasteiger partial charge is 0.283 e. The lowest BCUT2D eigenvalue weighted by Gasteiger charge is -2.20. The fourth-order valence-corrected chi connectivity index (χ4v) is 4.18. The second-order valence-electron chi connectivity index (χ2n) is 7.51. The fourth-order valence-electron chi connectivity index (χ4n) is 3.25. The van der Waals surface area contributed by atoms with Gasteiger partial charge in [0.2, 0.25) is 5.91 Å². The van der Waals surface area contributed by atoms with Gasteiger partial charge in [0.1, 0.15) is 11.5 Å². The van der Waals surface area contributed by atoms with E-state index >= 15 is 0 Å². The molecule has 0 aliphatic carbocycles. The highest BCUT2D eigenvalue weighted by Gasteiger charge is 2.34. The maximum absolute atomic E-state index is 13.5. The Hall–Kier alpha value is -4.31. The molecule has 1 atom stereocenters. The van der Waals surface area contributed by atoms with Gasteiger partial charge in [-0.05, 0) is 48.9 Å². The number of amides is 2. The molecular weight excluding hydrogens is 471 g/mol. The number of nitrogens with one attached hydrogen (secondary N) is 1. The number of nitro groups is 1. The summed E-state index contributed by atoms with van der Waals surface area (Å²) in [6.07, 6.45) is 1.64. The first-order chi connectivity index (χ1) is 16.8. The summed E-state index contributed by atoms with van der Waals surface area (Å²) in [6, 6.07) is 20.2. The molecule has 0 radical (unpaired) electrons. The Morgan fingerprint density at radius 2 is 1.83 bits per heavy atom. The van der Waals surface area contributed by atoms with Gasteiger partial charge in [-0.1, -0.05) is 48.2 Å². The Morgan fingerprint density at radius 3 is 2.51 bits per heavy atom.